The van der Waals surface area contributed by atoms with E-state index in [9.17, 15) is 0 Å². The number of hydrogen-bond donors (Lipinski definition) is 1. The molecule has 1 aliphatic heterocycles. The van der Waals surface area contributed by atoms with Crippen LogP contribution in [0, 0.1) is 6.92 Å². The number of aromatic nitrogens is 2. The van der Waals surface area contributed by atoms with E-state index in [2.05, 4.69) is 10.3 Å². The van der Waals surface area contributed by atoms with Crippen molar-refractivity contribution in [2.24, 2.45) is 0 Å². The lowest BCUT2D eigenvalue weighted by atomic mass is 10.2. The molecule has 2 heterocycles. The first-order chi connectivity index (χ1) is 9.25. The Morgan fingerprint density at radius 1 is 1.47 bits per heavy atom. The van der Waals surface area contributed by atoms with Crippen LogP contribution in [0.1, 0.15) is 17.4 Å². The standard InChI is InChI=1S/C14H16ClN3O/c1-10-2-3-12(11(15)6-10)18-9-17-7-13(18)14-8-16-4-5-19-14/h2-3,6-7,9,14,16H,4-5,8H2,1H3. The fourth-order valence-corrected chi connectivity index (χ4v) is 2.63. The molecule has 19 heavy (non-hydrogen) atoms. The van der Waals surface area contributed by atoms with E-state index in [0.29, 0.717) is 0 Å². The van der Waals surface area contributed by atoms with Crippen molar-refractivity contribution in [2.45, 2.75) is 13.0 Å². The lowest BCUT2D eigenvalue weighted by Crippen LogP contribution is -2.34. The molecule has 0 saturated carbocycles. The minimum atomic E-state index is 0.0219. The molecule has 0 bridgehead atoms. The Kier molecular flexibility index (Phi) is 3.55. The quantitative estimate of drug-likeness (QED) is 0.917. The third-order valence-electron chi connectivity index (χ3n) is 3.29. The molecule has 1 saturated heterocycles. The molecule has 0 spiro atoms. The predicted molar refractivity (Wildman–Crippen MR) is 74.9 cm³/mol. The summed E-state index contributed by atoms with van der Waals surface area (Å²) < 4.78 is 7.78. The maximum absolute atomic E-state index is 6.33. The first kappa shape index (κ1) is 12.7. The zero-order valence-electron chi connectivity index (χ0n) is 10.8. The Morgan fingerprint density at radius 2 is 2.37 bits per heavy atom. The van der Waals surface area contributed by atoms with Crippen LogP contribution in [-0.4, -0.2) is 29.2 Å². The first-order valence-corrected chi connectivity index (χ1v) is 6.74. The molecule has 1 aromatic carbocycles. The van der Waals surface area contributed by atoms with Gasteiger partial charge in [-0.2, -0.15) is 0 Å². The van der Waals surface area contributed by atoms with Crippen LogP contribution in [0.5, 0.6) is 0 Å². The van der Waals surface area contributed by atoms with Crippen molar-refractivity contribution in [3.8, 4) is 5.69 Å². The molecule has 0 radical (unpaired) electrons. The summed E-state index contributed by atoms with van der Waals surface area (Å²) in [4.78, 5) is 4.23. The van der Waals surface area contributed by atoms with E-state index >= 15 is 0 Å². The van der Waals surface area contributed by atoms with Gasteiger partial charge in [0.25, 0.3) is 0 Å². The summed E-state index contributed by atoms with van der Waals surface area (Å²) >= 11 is 6.33. The average Bonchev–Trinajstić information content (AvgIpc) is 2.89. The van der Waals surface area contributed by atoms with Crippen LogP contribution < -0.4 is 5.32 Å². The number of nitrogens with zero attached hydrogens (tertiary/aromatic N) is 2. The summed E-state index contributed by atoms with van der Waals surface area (Å²) in [5, 5.41) is 4.05. The normalized spacial score (nSPS) is 19.6. The maximum Gasteiger partial charge on any atom is 0.112 e. The monoisotopic (exact) mass is 277 g/mol. The number of imidazole rings is 1. The molecule has 0 amide bonds. The van der Waals surface area contributed by atoms with Crippen molar-refractivity contribution in [3.05, 3.63) is 47.0 Å². The second-order valence-corrected chi connectivity index (χ2v) is 5.11. The lowest BCUT2D eigenvalue weighted by molar-refractivity contribution is 0.0240. The lowest BCUT2D eigenvalue weighted by Gasteiger charge is -2.24. The van der Waals surface area contributed by atoms with Crippen molar-refractivity contribution in [1.29, 1.82) is 0 Å². The second kappa shape index (κ2) is 5.33. The summed E-state index contributed by atoms with van der Waals surface area (Å²) in [5.41, 5.74) is 3.11. The van der Waals surface area contributed by atoms with Crippen LogP contribution in [0.3, 0.4) is 0 Å². The van der Waals surface area contributed by atoms with Gasteiger partial charge < -0.3 is 10.1 Å². The number of rotatable bonds is 2. The van der Waals surface area contributed by atoms with Crippen molar-refractivity contribution in [3.63, 3.8) is 0 Å². The molecule has 1 aliphatic rings. The Balaban J connectivity index is 1.99. The molecule has 100 valence electrons. The van der Waals surface area contributed by atoms with Crippen LogP contribution in [0.25, 0.3) is 5.69 Å². The first-order valence-electron chi connectivity index (χ1n) is 6.37. The summed E-state index contributed by atoms with van der Waals surface area (Å²) in [6.07, 6.45) is 3.64. The Labute approximate surface area is 117 Å². The van der Waals surface area contributed by atoms with Gasteiger partial charge in [-0.1, -0.05) is 17.7 Å². The van der Waals surface area contributed by atoms with Gasteiger partial charge in [0.15, 0.2) is 0 Å². The largest absolute Gasteiger partial charge is 0.369 e. The number of hydrogen-bond acceptors (Lipinski definition) is 3. The Morgan fingerprint density at radius 3 is 3.11 bits per heavy atom. The van der Waals surface area contributed by atoms with Gasteiger partial charge in [0.1, 0.15) is 6.10 Å². The van der Waals surface area contributed by atoms with Crippen LogP contribution in [0.15, 0.2) is 30.7 Å². The van der Waals surface area contributed by atoms with Gasteiger partial charge in [0, 0.05) is 13.1 Å². The highest BCUT2D eigenvalue weighted by Crippen LogP contribution is 2.27. The molecule has 1 unspecified atom stereocenters. The number of morpholine rings is 1. The number of ether oxygens (including phenoxy) is 1. The molecule has 4 nitrogen and oxygen atoms in total. The van der Waals surface area contributed by atoms with Crippen molar-refractivity contribution >= 4 is 11.6 Å². The SMILES string of the molecule is Cc1ccc(-n2cncc2C2CNCCO2)c(Cl)c1. The zero-order valence-corrected chi connectivity index (χ0v) is 11.5. The number of aryl methyl sites for hydroxylation is 1. The smallest absolute Gasteiger partial charge is 0.112 e. The second-order valence-electron chi connectivity index (χ2n) is 4.71. The summed E-state index contributed by atoms with van der Waals surface area (Å²) in [6.45, 7) is 4.45. The van der Waals surface area contributed by atoms with Gasteiger partial charge in [-0.3, -0.25) is 4.57 Å². The molecule has 3 rings (SSSR count). The van der Waals surface area contributed by atoms with Gasteiger partial charge in [0.2, 0.25) is 0 Å². The molecular formula is C14H16ClN3O. The van der Waals surface area contributed by atoms with Crippen molar-refractivity contribution in [2.75, 3.05) is 19.7 Å². The van der Waals surface area contributed by atoms with Gasteiger partial charge in [0.05, 0.1) is 35.5 Å². The van der Waals surface area contributed by atoms with E-state index < -0.39 is 0 Å². The molecule has 1 N–H and O–H groups in total. The Bertz CT molecular complexity index is 576. The number of halogens is 1. The van der Waals surface area contributed by atoms with Gasteiger partial charge in [-0.25, -0.2) is 4.98 Å². The van der Waals surface area contributed by atoms with Crippen LogP contribution in [0.4, 0.5) is 0 Å². The highest BCUT2D eigenvalue weighted by molar-refractivity contribution is 6.32. The fourth-order valence-electron chi connectivity index (χ4n) is 2.31. The van der Waals surface area contributed by atoms with E-state index in [-0.39, 0.29) is 6.10 Å². The highest BCUT2D eigenvalue weighted by Gasteiger charge is 2.20. The van der Waals surface area contributed by atoms with E-state index in [1.807, 2.05) is 35.9 Å². The van der Waals surface area contributed by atoms with Crippen molar-refractivity contribution in [1.82, 2.24) is 14.9 Å². The summed E-state index contributed by atoms with van der Waals surface area (Å²) in [5.74, 6) is 0. The molecular weight excluding hydrogens is 262 g/mol. The molecule has 1 atom stereocenters. The van der Waals surface area contributed by atoms with E-state index in [1.165, 1.54) is 0 Å². The molecule has 5 heteroatoms. The van der Waals surface area contributed by atoms with Crippen LogP contribution in [-0.2, 0) is 4.74 Å². The van der Waals surface area contributed by atoms with Crippen molar-refractivity contribution < 1.29 is 4.74 Å². The molecule has 1 fully saturated rings. The number of nitrogens with one attached hydrogen (secondary N) is 1. The summed E-state index contributed by atoms with van der Waals surface area (Å²) in [7, 11) is 0. The minimum absolute atomic E-state index is 0.0219. The summed E-state index contributed by atoms with van der Waals surface area (Å²) in [6, 6.07) is 6.02. The number of benzene rings is 1. The molecule has 1 aromatic heterocycles. The van der Waals surface area contributed by atoms with Gasteiger partial charge >= 0.3 is 0 Å². The van der Waals surface area contributed by atoms with Crippen LogP contribution >= 0.6 is 11.6 Å². The third-order valence-corrected chi connectivity index (χ3v) is 3.59. The van der Waals surface area contributed by atoms with Gasteiger partial charge in [-0.05, 0) is 24.6 Å². The molecule has 2 aromatic rings. The predicted octanol–water partition coefficient (Wildman–Crippen LogP) is 2.50. The third kappa shape index (κ3) is 2.52. The average molecular weight is 278 g/mol. The molecule has 0 aliphatic carbocycles. The maximum atomic E-state index is 6.33. The minimum Gasteiger partial charge on any atom is -0.369 e. The Hall–Kier alpha value is -1.36. The zero-order chi connectivity index (χ0) is 13.2. The van der Waals surface area contributed by atoms with Gasteiger partial charge in [-0.15, -0.1) is 0 Å². The van der Waals surface area contributed by atoms with E-state index in [1.54, 1.807) is 6.33 Å². The van der Waals surface area contributed by atoms with Crippen LogP contribution in [0.2, 0.25) is 5.02 Å². The van der Waals surface area contributed by atoms with E-state index in [4.69, 9.17) is 16.3 Å². The fraction of sp³-hybridized carbons (Fsp3) is 0.357. The van der Waals surface area contributed by atoms with E-state index in [0.717, 1.165) is 41.7 Å². The topological polar surface area (TPSA) is 39.1 Å². The highest BCUT2D eigenvalue weighted by atomic mass is 35.5.